The maximum absolute atomic E-state index is 11.1. The van der Waals surface area contributed by atoms with Crippen LogP contribution in [-0.4, -0.2) is 26.1 Å². The van der Waals surface area contributed by atoms with Gasteiger partial charge in [-0.2, -0.15) is 9.78 Å². The number of halogens is 1. The molecule has 0 spiro atoms. The van der Waals surface area contributed by atoms with Gasteiger partial charge in [0.05, 0.1) is 5.69 Å². The Bertz CT molecular complexity index is 672. The summed E-state index contributed by atoms with van der Waals surface area (Å²) < 4.78 is 0.844. The first-order valence-corrected chi connectivity index (χ1v) is 6.40. The summed E-state index contributed by atoms with van der Waals surface area (Å²) in [5.74, 6) is 0.0323. The number of phenols is 1. The highest BCUT2D eigenvalue weighted by atomic mass is 35.5. The van der Waals surface area contributed by atoms with Crippen LogP contribution >= 0.6 is 11.6 Å². The van der Waals surface area contributed by atoms with Gasteiger partial charge in [-0.15, -0.1) is 0 Å². The van der Waals surface area contributed by atoms with Crippen molar-refractivity contribution < 1.29 is 15.0 Å². The van der Waals surface area contributed by atoms with Gasteiger partial charge >= 0.3 is 6.09 Å². The summed E-state index contributed by atoms with van der Waals surface area (Å²) in [6.07, 6.45) is 0.206. The van der Waals surface area contributed by atoms with Crippen molar-refractivity contribution in [2.45, 2.75) is 26.2 Å². The quantitative estimate of drug-likeness (QED) is 0.840. The van der Waals surface area contributed by atoms with Gasteiger partial charge in [-0.05, 0) is 18.2 Å². The molecule has 20 heavy (non-hydrogen) atoms. The highest BCUT2D eigenvalue weighted by Crippen LogP contribution is 2.37. The van der Waals surface area contributed by atoms with E-state index in [1.54, 1.807) is 12.1 Å². The Morgan fingerprint density at radius 2 is 1.95 bits per heavy atom. The predicted octanol–water partition coefficient (Wildman–Crippen LogP) is 3.73. The number of phenolic OH excluding ortho intramolecular Hbond substituents is 1. The van der Waals surface area contributed by atoms with Gasteiger partial charge in [0, 0.05) is 27.8 Å². The maximum Gasteiger partial charge on any atom is 0.432 e. The molecule has 0 fully saturated rings. The van der Waals surface area contributed by atoms with Crippen molar-refractivity contribution in [3.8, 4) is 16.9 Å². The van der Waals surface area contributed by atoms with E-state index in [-0.39, 0.29) is 11.2 Å². The van der Waals surface area contributed by atoms with E-state index >= 15 is 0 Å². The van der Waals surface area contributed by atoms with E-state index in [1.807, 2.05) is 20.8 Å². The lowest BCUT2D eigenvalue weighted by molar-refractivity contribution is 0.192. The van der Waals surface area contributed by atoms with Gasteiger partial charge in [0.2, 0.25) is 0 Å². The van der Waals surface area contributed by atoms with Crippen LogP contribution in [0.15, 0.2) is 24.4 Å². The van der Waals surface area contributed by atoms with E-state index in [2.05, 4.69) is 5.10 Å². The minimum atomic E-state index is -1.18. The highest BCUT2D eigenvalue weighted by Gasteiger charge is 2.26. The molecule has 0 amide bonds. The average Bonchev–Trinajstić information content (AvgIpc) is 2.77. The fraction of sp³-hybridized carbons (Fsp3) is 0.286. The number of aromatic nitrogens is 2. The number of carboxylic acid groups (broad SMARTS) is 1. The lowest BCUT2D eigenvalue weighted by Crippen LogP contribution is -2.15. The second-order valence-corrected chi connectivity index (χ2v) is 5.97. The Labute approximate surface area is 121 Å². The highest BCUT2D eigenvalue weighted by molar-refractivity contribution is 6.31. The molecule has 106 valence electrons. The number of hydrogen-bond acceptors (Lipinski definition) is 3. The molecule has 1 heterocycles. The molecule has 0 atom stereocenters. The summed E-state index contributed by atoms with van der Waals surface area (Å²) in [6, 6.07) is 4.64. The third kappa shape index (κ3) is 2.63. The van der Waals surface area contributed by atoms with Gasteiger partial charge in [0.15, 0.2) is 0 Å². The largest absolute Gasteiger partial charge is 0.507 e. The van der Waals surface area contributed by atoms with E-state index in [4.69, 9.17) is 16.7 Å². The lowest BCUT2D eigenvalue weighted by atomic mass is 9.87. The second-order valence-electron chi connectivity index (χ2n) is 5.53. The Hall–Kier alpha value is -2.01. The van der Waals surface area contributed by atoms with Crippen LogP contribution in [0.2, 0.25) is 5.02 Å². The summed E-state index contributed by atoms with van der Waals surface area (Å²) in [5, 5.41) is 23.6. The van der Waals surface area contributed by atoms with E-state index in [0.717, 1.165) is 4.68 Å². The van der Waals surface area contributed by atoms with Crippen LogP contribution in [0.3, 0.4) is 0 Å². The fourth-order valence-corrected chi connectivity index (χ4v) is 2.12. The molecule has 6 heteroatoms. The van der Waals surface area contributed by atoms with E-state index in [1.165, 1.54) is 12.3 Å². The van der Waals surface area contributed by atoms with Gasteiger partial charge in [0.25, 0.3) is 0 Å². The first kappa shape index (κ1) is 14.4. The van der Waals surface area contributed by atoms with Crippen molar-refractivity contribution in [1.82, 2.24) is 9.78 Å². The molecule has 0 aliphatic rings. The summed E-state index contributed by atoms with van der Waals surface area (Å²) >= 11 is 5.95. The molecule has 2 aromatic rings. The van der Waals surface area contributed by atoms with Gasteiger partial charge in [-0.3, -0.25) is 0 Å². The molecule has 0 saturated carbocycles. The van der Waals surface area contributed by atoms with Crippen LogP contribution in [0.25, 0.3) is 11.1 Å². The van der Waals surface area contributed by atoms with Crippen LogP contribution in [0, 0.1) is 0 Å². The fourth-order valence-electron chi connectivity index (χ4n) is 1.95. The molecule has 0 radical (unpaired) electrons. The van der Waals surface area contributed by atoms with E-state index in [0.29, 0.717) is 21.8 Å². The topological polar surface area (TPSA) is 75.4 Å². The van der Waals surface area contributed by atoms with Crippen molar-refractivity contribution in [2.75, 3.05) is 0 Å². The molecule has 1 aromatic carbocycles. The number of nitrogens with zero attached hydrogens (tertiary/aromatic N) is 2. The van der Waals surface area contributed by atoms with Crippen LogP contribution in [0.4, 0.5) is 4.79 Å². The Kier molecular flexibility index (Phi) is 3.48. The molecular formula is C14H15ClN2O3. The first-order chi connectivity index (χ1) is 9.20. The van der Waals surface area contributed by atoms with Crippen LogP contribution in [0.1, 0.15) is 26.5 Å². The molecule has 5 nitrogen and oxygen atoms in total. The predicted molar refractivity (Wildman–Crippen MR) is 76.5 cm³/mol. The molecule has 0 saturated heterocycles. The monoisotopic (exact) mass is 294 g/mol. The maximum atomic E-state index is 11.1. The molecule has 1 aromatic heterocycles. The molecule has 0 unspecified atom stereocenters. The number of aromatic hydroxyl groups is 1. The van der Waals surface area contributed by atoms with Crippen molar-refractivity contribution in [1.29, 1.82) is 0 Å². The zero-order valence-corrected chi connectivity index (χ0v) is 12.1. The summed E-state index contributed by atoms with van der Waals surface area (Å²) in [7, 11) is 0. The lowest BCUT2D eigenvalue weighted by Gasteiger charge is -2.17. The molecular weight excluding hydrogens is 280 g/mol. The van der Waals surface area contributed by atoms with Gasteiger partial charge < -0.3 is 10.2 Å². The minimum Gasteiger partial charge on any atom is -0.507 e. The normalized spacial score (nSPS) is 11.6. The summed E-state index contributed by atoms with van der Waals surface area (Å²) in [4.78, 5) is 11.1. The summed E-state index contributed by atoms with van der Waals surface area (Å²) in [6.45, 7) is 5.77. The summed E-state index contributed by atoms with van der Waals surface area (Å²) in [5.41, 5.74) is 1.23. The molecule has 2 N–H and O–H groups in total. The number of carbonyl (C=O) groups is 1. The molecule has 0 aliphatic heterocycles. The van der Waals surface area contributed by atoms with Gasteiger partial charge in [-0.1, -0.05) is 32.4 Å². The van der Waals surface area contributed by atoms with Crippen LogP contribution in [0.5, 0.6) is 5.75 Å². The van der Waals surface area contributed by atoms with Crippen LogP contribution < -0.4 is 0 Å². The zero-order valence-electron chi connectivity index (χ0n) is 11.4. The molecule has 2 rings (SSSR count). The Balaban J connectivity index is 2.72. The number of rotatable bonds is 1. The standard InChI is InChI=1S/C14H15ClN2O3/c1-14(2,3)12-10(7-17(16-12)13(19)20)9-6-8(15)4-5-11(9)18/h4-7,18H,1-3H3,(H,19,20). The second kappa shape index (κ2) is 4.83. The third-order valence-electron chi connectivity index (χ3n) is 2.87. The van der Waals surface area contributed by atoms with Crippen molar-refractivity contribution in [3.05, 3.63) is 35.1 Å². The van der Waals surface area contributed by atoms with E-state index in [9.17, 15) is 9.90 Å². The smallest absolute Gasteiger partial charge is 0.432 e. The van der Waals surface area contributed by atoms with E-state index < -0.39 is 6.09 Å². The first-order valence-electron chi connectivity index (χ1n) is 6.02. The molecule has 0 aliphatic carbocycles. The Morgan fingerprint density at radius 1 is 1.30 bits per heavy atom. The average molecular weight is 295 g/mol. The number of benzene rings is 1. The van der Waals surface area contributed by atoms with Crippen LogP contribution in [-0.2, 0) is 5.41 Å². The van der Waals surface area contributed by atoms with Crippen molar-refractivity contribution in [2.24, 2.45) is 0 Å². The Morgan fingerprint density at radius 3 is 2.50 bits per heavy atom. The molecule has 0 bridgehead atoms. The third-order valence-corrected chi connectivity index (χ3v) is 3.10. The zero-order chi connectivity index (χ0) is 15.1. The van der Waals surface area contributed by atoms with Crippen molar-refractivity contribution in [3.63, 3.8) is 0 Å². The number of hydrogen-bond donors (Lipinski definition) is 2. The van der Waals surface area contributed by atoms with Crippen molar-refractivity contribution >= 4 is 17.7 Å². The SMILES string of the molecule is CC(C)(C)c1nn(C(=O)O)cc1-c1cc(Cl)ccc1O. The van der Waals surface area contributed by atoms with Gasteiger partial charge in [-0.25, -0.2) is 4.79 Å². The van der Waals surface area contributed by atoms with Gasteiger partial charge in [0.1, 0.15) is 5.75 Å². The minimum absolute atomic E-state index is 0.0323.